The summed E-state index contributed by atoms with van der Waals surface area (Å²) in [4.78, 5) is 1.64. The number of quaternary nitrogens is 1. The van der Waals surface area contributed by atoms with Gasteiger partial charge >= 0.3 is 0 Å². The van der Waals surface area contributed by atoms with Gasteiger partial charge in [0.1, 0.15) is 11.6 Å². The summed E-state index contributed by atoms with van der Waals surface area (Å²) in [7, 11) is 0. The standard InChI is InChI=1S/C23H26FN3O/c1-2-13-26-14-11-23(12-15-26)27-21(18-8-4-6-10-22(18)28-23)16-20(25-27)17-7-3-5-9-19(17)24/h3-10,21H,2,11-16H2,1H3/p+1/t21-/m0/s1. The maximum absolute atomic E-state index is 14.5. The van der Waals surface area contributed by atoms with Gasteiger partial charge in [0.05, 0.1) is 44.2 Å². The molecule has 1 saturated heterocycles. The van der Waals surface area contributed by atoms with Crippen molar-refractivity contribution in [1.29, 1.82) is 0 Å². The Morgan fingerprint density at radius 3 is 2.68 bits per heavy atom. The third-order valence-corrected chi connectivity index (χ3v) is 6.43. The first-order valence-corrected chi connectivity index (χ1v) is 10.4. The van der Waals surface area contributed by atoms with Crippen molar-refractivity contribution in [3.8, 4) is 5.75 Å². The van der Waals surface area contributed by atoms with E-state index in [2.05, 4.69) is 24.1 Å². The SMILES string of the molecule is CCC[NH+]1CCC2(CC1)Oc1ccccc1[C@@H]1CC(c3ccccc3F)=NN12. The zero-order valence-corrected chi connectivity index (χ0v) is 16.3. The molecule has 3 aliphatic heterocycles. The number of hydrazone groups is 1. The van der Waals surface area contributed by atoms with E-state index in [4.69, 9.17) is 9.84 Å². The second-order valence-corrected chi connectivity index (χ2v) is 8.18. The summed E-state index contributed by atoms with van der Waals surface area (Å²) in [6.45, 7) is 5.62. The quantitative estimate of drug-likeness (QED) is 0.886. The number of rotatable bonds is 3. The summed E-state index contributed by atoms with van der Waals surface area (Å²) in [5.74, 6) is 0.763. The van der Waals surface area contributed by atoms with Crippen LogP contribution in [0, 0.1) is 5.82 Å². The fourth-order valence-electron chi connectivity index (χ4n) is 5.02. The smallest absolute Gasteiger partial charge is 0.208 e. The van der Waals surface area contributed by atoms with Crippen LogP contribution in [0.4, 0.5) is 4.39 Å². The second-order valence-electron chi connectivity index (χ2n) is 8.18. The number of nitrogens with zero attached hydrogens (tertiary/aromatic N) is 2. The van der Waals surface area contributed by atoms with Crippen LogP contribution in [0.25, 0.3) is 0 Å². The molecule has 0 bridgehead atoms. The molecular weight excluding hydrogens is 353 g/mol. The number of piperidine rings is 1. The molecule has 5 rings (SSSR count). The van der Waals surface area contributed by atoms with Crippen molar-refractivity contribution in [1.82, 2.24) is 5.01 Å². The molecule has 3 aliphatic rings. The zero-order valence-electron chi connectivity index (χ0n) is 16.3. The van der Waals surface area contributed by atoms with E-state index in [1.54, 1.807) is 11.0 Å². The monoisotopic (exact) mass is 380 g/mol. The topological polar surface area (TPSA) is 29.3 Å². The number of benzene rings is 2. The third-order valence-electron chi connectivity index (χ3n) is 6.43. The van der Waals surface area contributed by atoms with Crippen LogP contribution in [0.2, 0.25) is 0 Å². The Balaban J connectivity index is 1.53. The van der Waals surface area contributed by atoms with Gasteiger partial charge in [0.2, 0.25) is 5.72 Å². The Bertz CT molecular complexity index is 904. The van der Waals surface area contributed by atoms with E-state index in [1.807, 2.05) is 24.3 Å². The molecule has 0 saturated carbocycles. The molecule has 0 radical (unpaired) electrons. The first-order chi connectivity index (χ1) is 13.7. The maximum atomic E-state index is 14.5. The minimum absolute atomic E-state index is 0.118. The summed E-state index contributed by atoms with van der Waals surface area (Å²) in [6, 6.07) is 15.4. The minimum Gasteiger partial charge on any atom is -0.466 e. The number of halogens is 1. The number of hydrogen-bond donors (Lipinski definition) is 1. The summed E-state index contributed by atoms with van der Waals surface area (Å²) in [5.41, 5.74) is 2.18. The van der Waals surface area contributed by atoms with Gasteiger partial charge in [-0.2, -0.15) is 5.10 Å². The van der Waals surface area contributed by atoms with Gasteiger partial charge in [0.25, 0.3) is 0 Å². The van der Waals surface area contributed by atoms with Crippen molar-refractivity contribution in [3.05, 3.63) is 65.5 Å². The molecule has 5 heteroatoms. The van der Waals surface area contributed by atoms with Gasteiger partial charge in [0, 0.05) is 17.5 Å². The number of likely N-dealkylation sites (tertiary alicyclic amines) is 1. The molecule has 4 nitrogen and oxygen atoms in total. The van der Waals surface area contributed by atoms with E-state index in [9.17, 15) is 4.39 Å². The van der Waals surface area contributed by atoms with Crippen molar-refractivity contribution >= 4 is 5.71 Å². The van der Waals surface area contributed by atoms with Crippen LogP contribution < -0.4 is 9.64 Å². The Morgan fingerprint density at radius 1 is 1.14 bits per heavy atom. The van der Waals surface area contributed by atoms with E-state index in [0.717, 1.165) is 43.0 Å². The highest BCUT2D eigenvalue weighted by Crippen LogP contribution is 2.49. The molecule has 0 aliphatic carbocycles. The number of ether oxygens (including phenoxy) is 1. The van der Waals surface area contributed by atoms with Crippen LogP contribution >= 0.6 is 0 Å². The van der Waals surface area contributed by atoms with Gasteiger partial charge in [-0.3, -0.25) is 0 Å². The number of para-hydroxylation sites is 1. The summed E-state index contributed by atoms with van der Waals surface area (Å²) < 4.78 is 21.1. The molecule has 28 heavy (non-hydrogen) atoms. The van der Waals surface area contributed by atoms with Crippen molar-refractivity contribution in [2.24, 2.45) is 5.10 Å². The highest BCUT2D eigenvalue weighted by atomic mass is 19.1. The van der Waals surface area contributed by atoms with E-state index in [-0.39, 0.29) is 11.9 Å². The lowest BCUT2D eigenvalue weighted by Crippen LogP contribution is -3.14. The van der Waals surface area contributed by atoms with Crippen LogP contribution in [-0.2, 0) is 0 Å². The van der Waals surface area contributed by atoms with Crippen molar-refractivity contribution in [2.45, 2.75) is 44.4 Å². The normalized spacial score (nSPS) is 28.5. The summed E-state index contributed by atoms with van der Waals surface area (Å²) in [6.07, 6.45) is 3.81. The van der Waals surface area contributed by atoms with E-state index >= 15 is 0 Å². The van der Waals surface area contributed by atoms with Gasteiger partial charge in [-0.25, -0.2) is 9.40 Å². The molecule has 1 atom stereocenters. The fraction of sp³-hybridized carbons (Fsp3) is 0.435. The van der Waals surface area contributed by atoms with Crippen molar-refractivity contribution in [2.75, 3.05) is 19.6 Å². The van der Waals surface area contributed by atoms with Gasteiger partial charge in [0.15, 0.2) is 0 Å². The second kappa shape index (κ2) is 6.89. The van der Waals surface area contributed by atoms with E-state index in [0.29, 0.717) is 12.0 Å². The van der Waals surface area contributed by atoms with E-state index in [1.165, 1.54) is 19.0 Å². The zero-order chi connectivity index (χ0) is 19.1. The summed E-state index contributed by atoms with van der Waals surface area (Å²) >= 11 is 0. The molecule has 1 N–H and O–H groups in total. The number of nitrogens with one attached hydrogen (secondary N) is 1. The molecule has 1 spiro atoms. The fourth-order valence-corrected chi connectivity index (χ4v) is 5.02. The lowest BCUT2D eigenvalue weighted by molar-refractivity contribution is -0.908. The Morgan fingerprint density at radius 2 is 1.89 bits per heavy atom. The average molecular weight is 380 g/mol. The first kappa shape index (κ1) is 17.7. The van der Waals surface area contributed by atoms with Crippen LogP contribution in [0.3, 0.4) is 0 Å². The Labute approximate surface area is 165 Å². The highest BCUT2D eigenvalue weighted by molar-refractivity contribution is 6.02. The molecule has 146 valence electrons. The summed E-state index contributed by atoms with van der Waals surface area (Å²) in [5, 5.41) is 7.13. The van der Waals surface area contributed by atoms with Gasteiger partial charge in [-0.1, -0.05) is 43.3 Å². The number of fused-ring (bicyclic) bond motifs is 4. The van der Waals surface area contributed by atoms with Crippen LogP contribution in [0.15, 0.2) is 53.6 Å². The van der Waals surface area contributed by atoms with E-state index < -0.39 is 5.72 Å². The molecular formula is C23H27FN3O+. The van der Waals surface area contributed by atoms with Crippen LogP contribution in [0.5, 0.6) is 5.75 Å². The van der Waals surface area contributed by atoms with Gasteiger partial charge in [-0.05, 0) is 18.6 Å². The Hall–Kier alpha value is -2.40. The Kier molecular flexibility index (Phi) is 4.35. The van der Waals surface area contributed by atoms with Gasteiger partial charge in [-0.15, -0.1) is 0 Å². The van der Waals surface area contributed by atoms with Gasteiger partial charge < -0.3 is 9.64 Å². The maximum Gasteiger partial charge on any atom is 0.208 e. The number of hydrogen-bond acceptors (Lipinski definition) is 3. The predicted octanol–water partition coefficient (Wildman–Crippen LogP) is 3.15. The molecule has 0 unspecified atom stereocenters. The minimum atomic E-state index is -0.413. The molecule has 1 fully saturated rings. The lowest BCUT2D eigenvalue weighted by Gasteiger charge is -2.50. The molecule has 2 aromatic rings. The molecule has 2 aromatic carbocycles. The van der Waals surface area contributed by atoms with Crippen LogP contribution in [-0.4, -0.2) is 36.1 Å². The third kappa shape index (κ3) is 2.80. The highest BCUT2D eigenvalue weighted by Gasteiger charge is 2.52. The van der Waals surface area contributed by atoms with Crippen LogP contribution in [0.1, 0.15) is 49.8 Å². The largest absolute Gasteiger partial charge is 0.466 e. The first-order valence-electron chi connectivity index (χ1n) is 10.4. The van der Waals surface area contributed by atoms with Crippen molar-refractivity contribution in [3.63, 3.8) is 0 Å². The molecule has 0 amide bonds. The predicted molar refractivity (Wildman–Crippen MR) is 107 cm³/mol. The lowest BCUT2D eigenvalue weighted by atomic mass is 9.90. The average Bonchev–Trinajstić information content (AvgIpc) is 3.17. The molecule has 0 aromatic heterocycles. The van der Waals surface area contributed by atoms with Crippen molar-refractivity contribution < 1.29 is 14.0 Å². The molecule has 3 heterocycles.